The van der Waals surface area contributed by atoms with E-state index in [1.807, 2.05) is 0 Å². The fourth-order valence-corrected chi connectivity index (χ4v) is 0.459. The van der Waals surface area contributed by atoms with Crippen LogP contribution in [0, 0.1) is 5.21 Å². The van der Waals surface area contributed by atoms with E-state index >= 15 is 0 Å². The normalized spacial score (nSPS) is 21.0. The highest BCUT2D eigenvalue weighted by atomic mass is 16.5. The third kappa shape index (κ3) is 0.478. The Morgan fingerprint density at radius 1 is 1.67 bits per heavy atom. The number of hydrogen-bond donors (Lipinski definition) is 0. The van der Waals surface area contributed by atoms with Crippen LogP contribution >= 0.6 is 0 Å². The zero-order chi connectivity index (χ0) is 4.41. The first-order chi connectivity index (χ1) is 2.89. The lowest BCUT2D eigenvalue weighted by atomic mass is 10.5. The van der Waals surface area contributed by atoms with E-state index in [0.717, 1.165) is 17.8 Å². The zero-order valence-electron chi connectivity index (χ0n) is 3.42. The lowest BCUT2D eigenvalue weighted by molar-refractivity contribution is -0.514. The van der Waals surface area contributed by atoms with Gasteiger partial charge < -0.3 is 5.21 Å². The summed E-state index contributed by atoms with van der Waals surface area (Å²) >= 11 is 0. The molecule has 0 N–H and O–H groups in total. The minimum absolute atomic E-state index is 0.597. The Bertz CT molecular complexity index is 78.9. The van der Waals surface area contributed by atoms with Crippen LogP contribution in [0.1, 0.15) is 6.42 Å². The molecular formula is C3H6N2O. The van der Waals surface area contributed by atoms with E-state index in [9.17, 15) is 5.21 Å². The molecule has 0 bridgehead atoms. The van der Waals surface area contributed by atoms with Crippen molar-refractivity contribution < 1.29 is 4.86 Å². The second-order valence-corrected chi connectivity index (χ2v) is 1.29. The van der Waals surface area contributed by atoms with Gasteiger partial charge in [-0.25, -0.2) is 0 Å². The van der Waals surface area contributed by atoms with Crippen molar-refractivity contribution in [1.82, 2.24) is 0 Å². The molecule has 0 atom stereocenters. The minimum atomic E-state index is 0.597. The molecule has 3 nitrogen and oxygen atoms in total. The van der Waals surface area contributed by atoms with Gasteiger partial charge in [0.1, 0.15) is 6.54 Å². The molecule has 0 amide bonds. The predicted octanol–water partition coefficient (Wildman–Crippen LogP) is 0.353. The van der Waals surface area contributed by atoms with E-state index in [1.165, 1.54) is 0 Å². The van der Waals surface area contributed by atoms with Gasteiger partial charge in [-0.15, -0.1) is 0 Å². The molecule has 1 rings (SSSR count). The summed E-state index contributed by atoms with van der Waals surface area (Å²) < 4.78 is 0. The maximum atomic E-state index is 9.99. The van der Waals surface area contributed by atoms with Crippen LogP contribution in [0.3, 0.4) is 0 Å². The Kier molecular flexibility index (Phi) is 0.742. The lowest BCUT2D eigenvalue weighted by Gasteiger charge is -1.84. The minimum Gasteiger partial charge on any atom is -0.600 e. The molecule has 0 aromatic rings. The maximum absolute atomic E-state index is 9.99. The first kappa shape index (κ1) is 3.59. The van der Waals surface area contributed by atoms with Crippen molar-refractivity contribution in [3.63, 3.8) is 0 Å². The van der Waals surface area contributed by atoms with Gasteiger partial charge in [0, 0.05) is 6.42 Å². The third-order valence-corrected chi connectivity index (χ3v) is 0.765. The number of azo groups is 1. The van der Waals surface area contributed by atoms with Gasteiger partial charge in [-0.1, -0.05) is 4.86 Å². The molecule has 0 aliphatic carbocycles. The molecule has 0 saturated carbocycles. The summed E-state index contributed by atoms with van der Waals surface area (Å²) in [4.78, 5) is 0.736. The first-order valence-electron chi connectivity index (χ1n) is 2.02. The van der Waals surface area contributed by atoms with Gasteiger partial charge in [-0.3, -0.25) is 0 Å². The smallest absolute Gasteiger partial charge is 0.182 e. The van der Waals surface area contributed by atoms with Crippen molar-refractivity contribution in [3.05, 3.63) is 5.21 Å². The largest absolute Gasteiger partial charge is 0.600 e. The van der Waals surface area contributed by atoms with E-state index in [-0.39, 0.29) is 0 Å². The summed E-state index contributed by atoms with van der Waals surface area (Å²) in [5.41, 5.74) is 0. The Morgan fingerprint density at radius 2 is 2.50 bits per heavy atom. The van der Waals surface area contributed by atoms with Crippen LogP contribution in [0.15, 0.2) is 5.11 Å². The van der Waals surface area contributed by atoms with Gasteiger partial charge in [0.05, 0.1) is 0 Å². The zero-order valence-corrected chi connectivity index (χ0v) is 3.42. The molecule has 0 unspecified atom stereocenters. The quantitative estimate of drug-likeness (QED) is 0.309. The summed E-state index contributed by atoms with van der Waals surface area (Å²) in [6, 6.07) is 0. The molecule has 1 heterocycles. The van der Waals surface area contributed by atoms with Crippen LogP contribution in [0.2, 0.25) is 0 Å². The molecular weight excluding hydrogens is 80.0 g/mol. The first-order valence-corrected chi connectivity index (χ1v) is 2.02. The summed E-state index contributed by atoms with van der Waals surface area (Å²) in [5, 5.41) is 13.5. The van der Waals surface area contributed by atoms with Gasteiger partial charge in [0.25, 0.3) is 0 Å². The molecule has 1 aliphatic heterocycles. The molecule has 0 fully saturated rings. The van der Waals surface area contributed by atoms with Crippen LogP contribution in [-0.4, -0.2) is 18.0 Å². The number of nitrogens with zero attached hydrogens (tertiary/aromatic N) is 2. The van der Waals surface area contributed by atoms with Crippen LogP contribution < -0.4 is 0 Å². The third-order valence-electron chi connectivity index (χ3n) is 0.765. The summed E-state index contributed by atoms with van der Waals surface area (Å²) in [5.74, 6) is 0. The van der Waals surface area contributed by atoms with Crippen LogP contribution in [0.5, 0.6) is 0 Å². The van der Waals surface area contributed by atoms with Crippen molar-refractivity contribution in [3.8, 4) is 0 Å². The Labute approximate surface area is 35.9 Å². The summed E-state index contributed by atoms with van der Waals surface area (Å²) in [6.07, 6.45) is 0.934. The predicted molar refractivity (Wildman–Crippen MR) is 20.4 cm³/mol. The average molecular weight is 86.1 g/mol. The fourth-order valence-electron chi connectivity index (χ4n) is 0.459. The Balaban J connectivity index is 2.45. The highest BCUT2D eigenvalue weighted by Gasteiger charge is 2.02. The molecule has 6 heavy (non-hydrogen) atoms. The van der Waals surface area contributed by atoms with E-state index < -0.39 is 0 Å². The molecule has 34 valence electrons. The van der Waals surface area contributed by atoms with Gasteiger partial charge in [-0.05, 0) is 5.11 Å². The second-order valence-electron chi connectivity index (χ2n) is 1.29. The van der Waals surface area contributed by atoms with Gasteiger partial charge >= 0.3 is 0 Å². The lowest BCUT2D eigenvalue weighted by Crippen LogP contribution is -1.91. The number of hydrogen-bond acceptors (Lipinski definition) is 2. The van der Waals surface area contributed by atoms with Crippen molar-refractivity contribution in [2.24, 2.45) is 5.11 Å². The second kappa shape index (κ2) is 1.24. The maximum Gasteiger partial charge on any atom is 0.182 e. The monoisotopic (exact) mass is 86.0 g/mol. The fraction of sp³-hybridized carbons (Fsp3) is 1.00. The molecule has 0 spiro atoms. The molecule has 0 aromatic carbocycles. The molecule has 0 aromatic heterocycles. The van der Waals surface area contributed by atoms with Gasteiger partial charge in [0.2, 0.25) is 0 Å². The van der Waals surface area contributed by atoms with E-state index in [0.29, 0.717) is 6.54 Å². The molecule has 0 radical (unpaired) electrons. The van der Waals surface area contributed by atoms with Crippen molar-refractivity contribution in [1.29, 1.82) is 0 Å². The Hall–Kier alpha value is -0.600. The molecule has 3 heteroatoms. The van der Waals surface area contributed by atoms with Gasteiger partial charge in [-0.2, -0.15) is 0 Å². The van der Waals surface area contributed by atoms with E-state index in [2.05, 4.69) is 5.11 Å². The van der Waals surface area contributed by atoms with Crippen LogP contribution in [0.4, 0.5) is 0 Å². The van der Waals surface area contributed by atoms with E-state index in [4.69, 9.17) is 0 Å². The molecule has 0 saturated heterocycles. The van der Waals surface area contributed by atoms with Gasteiger partial charge in [0.15, 0.2) is 6.54 Å². The summed E-state index contributed by atoms with van der Waals surface area (Å²) in [7, 11) is 0. The van der Waals surface area contributed by atoms with E-state index in [1.54, 1.807) is 0 Å². The molecule has 1 aliphatic rings. The SMILES string of the molecule is [O-][N+]1=NCCC1. The van der Waals surface area contributed by atoms with Crippen LogP contribution in [-0.2, 0) is 0 Å². The highest BCUT2D eigenvalue weighted by Crippen LogP contribution is 1.91. The van der Waals surface area contributed by atoms with Crippen LogP contribution in [0.25, 0.3) is 0 Å². The van der Waals surface area contributed by atoms with Crippen molar-refractivity contribution >= 4 is 0 Å². The van der Waals surface area contributed by atoms with Crippen molar-refractivity contribution in [2.75, 3.05) is 13.1 Å². The average Bonchev–Trinajstić information content (AvgIpc) is 1.86. The standard InChI is InChI=1S/C3H6N2O/c6-5-3-1-2-4-5/h1-3H2. The highest BCUT2D eigenvalue weighted by molar-refractivity contribution is 4.40. The topological polar surface area (TPSA) is 38.4 Å². The Morgan fingerprint density at radius 3 is 2.67 bits per heavy atom. The number of rotatable bonds is 0. The number of hydroxylamine groups is 1. The van der Waals surface area contributed by atoms with Crippen molar-refractivity contribution in [2.45, 2.75) is 6.42 Å². The summed E-state index contributed by atoms with van der Waals surface area (Å²) in [6.45, 7) is 1.32.